The average molecular weight is 411 g/mol. The minimum atomic E-state index is -4.53. The van der Waals surface area contributed by atoms with Gasteiger partial charge in [0.1, 0.15) is 12.1 Å². The van der Waals surface area contributed by atoms with Crippen molar-refractivity contribution in [2.45, 2.75) is 44.2 Å². The molecule has 2 aliphatic carbocycles. The lowest BCUT2D eigenvalue weighted by atomic mass is 9.67. The van der Waals surface area contributed by atoms with Crippen molar-refractivity contribution in [1.82, 2.24) is 9.97 Å². The van der Waals surface area contributed by atoms with E-state index in [0.717, 1.165) is 12.1 Å². The lowest BCUT2D eigenvalue weighted by Crippen LogP contribution is -2.46. The van der Waals surface area contributed by atoms with Gasteiger partial charge >= 0.3 is 6.18 Å². The summed E-state index contributed by atoms with van der Waals surface area (Å²) in [7, 11) is 0. The molecule has 6 nitrogen and oxygen atoms in total. The summed E-state index contributed by atoms with van der Waals surface area (Å²) in [6.45, 7) is 3.77. The van der Waals surface area contributed by atoms with E-state index < -0.39 is 28.5 Å². The molecule has 1 aromatic heterocycles. The molecule has 30 heavy (non-hydrogen) atoms. The van der Waals surface area contributed by atoms with E-state index in [9.17, 15) is 28.5 Å². The first-order chi connectivity index (χ1) is 14.1. The number of amides is 1. The van der Waals surface area contributed by atoms with Gasteiger partial charge in [0.2, 0.25) is 5.91 Å². The van der Waals surface area contributed by atoms with E-state index >= 15 is 0 Å². The Balaban J connectivity index is 1.80. The molecule has 1 aromatic carbocycles. The maximum atomic E-state index is 13.5. The summed E-state index contributed by atoms with van der Waals surface area (Å²) in [5, 5.41) is 21.2. The van der Waals surface area contributed by atoms with Crippen LogP contribution >= 0.6 is 0 Å². The Bertz CT molecular complexity index is 1160. The lowest BCUT2D eigenvalue weighted by molar-refractivity contribution is -0.137. The third-order valence-electron chi connectivity index (χ3n) is 6.48. The first-order valence-corrected chi connectivity index (χ1v) is 9.27. The Morgan fingerprint density at radius 3 is 2.50 bits per heavy atom. The molecule has 2 aliphatic rings. The van der Waals surface area contributed by atoms with Crippen molar-refractivity contribution in [2.24, 2.45) is 5.41 Å². The van der Waals surface area contributed by atoms with Crippen molar-refractivity contribution in [2.75, 3.05) is 5.32 Å². The quantitative estimate of drug-likeness (QED) is 0.804. The van der Waals surface area contributed by atoms with Gasteiger partial charge in [0.05, 0.1) is 22.4 Å². The molecule has 4 rings (SSSR count). The number of aromatic nitrogens is 2. The summed E-state index contributed by atoms with van der Waals surface area (Å²) in [6.07, 6.45) is -3.48. The Kier molecular flexibility index (Phi) is 4.14. The van der Waals surface area contributed by atoms with Crippen LogP contribution in [0.15, 0.2) is 24.3 Å². The first-order valence-electron chi connectivity index (χ1n) is 9.27. The van der Waals surface area contributed by atoms with Crippen molar-refractivity contribution in [3.63, 3.8) is 0 Å². The smallest absolute Gasteiger partial charge is 0.325 e. The van der Waals surface area contributed by atoms with Crippen molar-refractivity contribution in [3.05, 3.63) is 52.6 Å². The number of carbonyl (C=O) groups is 1. The molecule has 0 saturated heterocycles. The number of fused-ring (bicyclic) bond motifs is 5. The number of benzene rings is 1. The van der Waals surface area contributed by atoms with Crippen LogP contribution in [0.5, 0.6) is 0 Å². The van der Waals surface area contributed by atoms with Gasteiger partial charge in [-0.2, -0.15) is 23.7 Å². The second kappa shape index (κ2) is 6.27. The number of carbonyl (C=O) groups excluding carboxylic acids is 1. The molecular formula is C21H16F3N5O. The minimum absolute atomic E-state index is 0.0269. The minimum Gasteiger partial charge on any atom is -0.325 e. The van der Waals surface area contributed by atoms with Crippen molar-refractivity contribution < 1.29 is 18.0 Å². The summed E-state index contributed by atoms with van der Waals surface area (Å²) in [4.78, 5) is 22.1. The van der Waals surface area contributed by atoms with Crippen LogP contribution in [0.1, 0.15) is 60.9 Å². The molecule has 1 N–H and O–H groups in total. The number of hydrogen-bond donors (Lipinski definition) is 1. The van der Waals surface area contributed by atoms with Crippen molar-refractivity contribution in [1.29, 1.82) is 10.5 Å². The molecule has 1 amide bonds. The number of hydrogen-bond acceptors (Lipinski definition) is 5. The van der Waals surface area contributed by atoms with Gasteiger partial charge in [-0.15, -0.1) is 0 Å². The van der Waals surface area contributed by atoms with Crippen LogP contribution in [0.25, 0.3) is 0 Å². The Hall–Kier alpha value is -3.46. The number of halogens is 3. The number of nitrogens with one attached hydrogen (secondary N) is 1. The van der Waals surface area contributed by atoms with Crippen LogP contribution in [0.4, 0.5) is 18.9 Å². The molecule has 1 saturated carbocycles. The molecule has 152 valence electrons. The number of rotatable bonds is 2. The summed E-state index contributed by atoms with van der Waals surface area (Å²) >= 11 is 0. The Labute approximate surface area is 170 Å². The predicted molar refractivity (Wildman–Crippen MR) is 99.0 cm³/mol. The zero-order valence-corrected chi connectivity index (χ0v) is 16.1. The van der Waals surface area contributed by atoms with Gasteiger partial charge < -0.3 is 5.32 Å². The fourth-order valence-corrected chi connectivity index (χ4v) is 4.93. The molecule has 0 unspecified atom stereocenters. The molecule has 1 heterocycles. The van der Waals surface area contributed by atoms with E-state index in [1.807, 2.05) is 26.0 Å². The average Bonchev–Trinajstić information content (AvgIpc) is 3.08. The highest BCUT2D eigenvalue weighted by Gasteiger charge is 2.68. The van der Waals surface area contributed by atoms with Gasteiger partial charge in [-0.05, 0) is 36.5 Å². The number of alkyl halides is 3. The zero-order chi connectivity index (χ0) is 21.9. The number of nitriles is 2. The maximum Gasteiger partial charge on any atom is 0.416 e. The predicted octanol–water partition coefficient (Wildman–Crippen LogP) is 4.03. The van der Waals surface area contributed by atoms with Gasteiger partial charge in [0, 0.05) is 11.6 Å². The van der Waals surface area contributed by atoms with Gasteiger partial charge in [-0.25, -0.2) is 9.97 Å². The SMILES string of the molecule is CC1(C)[C@H]2CC[C@]1(C(=O)Nc1cccc(C(F)(F)F)c1)c1nc(C#N)c(C#N)nc12. The van der Waals surface area contributed by atoms with E-state index in [0.29, 0.717) is 24.2 Å². The van der Waals surface area contributed by atoms with Crippen LogP contribution in [0.2, 0.25) is 0 Å². The van der Waals surface area contributed by atoms with Crippen molar-refractivity contribution >= 4 is 11.6 Å². The molecule has 9 heteroatoms. The fourth-order valence-electron chi connectivity index (χ4n) is 4.93. The summed E-state index contributed by atoms with van der Waals surface area (Å²) in [5.74, 6) is -0.636. The molecule has 1 fully saturated rings. The largest absolute Gasteiger partial charge is 0.416 e. The van der Waals surface area contributed by atoms with E-state index in [1.165, 1.54) is 12.1 Å². The van der Waals surface area contributed by atoms with E-state index in [1.54, 1.807) is 0 Å². The number of anilines is 1. The Morgan fingerprint density at radius 2 is 1.87 bits per heavy atom. The topological polar surface area (TPSA) is 102 Å². The van der Waals surface area contributed by atoms with Crippen LogP contribution < -0.4 is 5.32 Å². The highest BCUT2D eigenvalue weighted by Crippen LogP contribution is 2.67. The highest BCUT2D eigenvalue weighted by atomic mass is 19.4. The van der Waals surface area contributed by atoms with Crippen LogP contribution in [-0.4, -0.2) is 15.9 Å². The van der Waals surface area contributed by atoms with E-state index in [4.69, 9.17) is 0 Å². The molecule has 0 aliphatic heterocycles. The highest BCUT2D eigenvalue weighted by molar-refractivity contribution is 6.01. The second-order valence-electron chi connectivity index (χ2n) is 8.13. The van der Waals surface area contributed by atoms with Crippen LogP contribution in [0, 0.1) is 28.1 Å². The zero-order valence-electron chi connectivity index (χ0n) is 16.1. The van der Waals surface area contributed by atoms with Crippen LogP contribution in [-0.2, 0) is 16.4 Å². The summed E-state index contributed by atoms with van der Waals surface area (Å²) < 4.78 is 39.1. The van der Waals surface area contributed by atoms with Gasteiger partial charge in [-0.3, -0.25) is 4.79 Å². The fraction of sp³-hybridized carbons (Fsp3) is 0.381. The normalized spacial score (nSPS) is 23.4. The molecule has 0 spiro atoms. The van der Waals surface area contributed by atoms with Gasteiger partial charge in [0.25, 0.3) is 0 Å². The van der Waals surface area contributed by atoms with Gasteiger partial charge in [0.15, 0.2) is 11.4 Å². The number of nitrogens with zero attached hydrogens (tertiary/aromatic N) is 4. The van der Waals surface area contributed by atoms with Crippen LogP contribution in [0.3, 0.4) is 0 Å². The van der Waals surface area contributed by atoms with E-state index in [-0.39, 0.29) is 23.0 Å². The summed E-state index contributed by atoms with van der Waals surface area (Å²) in [6, 6.07) is 8.14. The van der Waals surface area contributed by atoms with E-state index in [2.05, 4.69) is 15.3 Å². The summed E-state index contributed by atoms with van der Waals surface area (Å²) in [5.41, 5.74) is -2.03. The molecular weight excluding hydrogens is 395 g/mol. The van der Waals surface area contributed by atoms with Gasteiger partial charge in [-0.1, -0.05) is 19.9 Å². The molecule has 2 aromatic rings. The first kappa shape index (κ1) is 19.8. The third kappa shape index (κ3) is 2.51. The molecule has 0 radical (unpaired) electrons. The molecule has 2 atom stereocenters. The second-order valence-corrected chi connectivity index (χ2v) is 8.13. The third-order valence-corrected chi connectivity index (χ3v) is 6.48. The molecule has 2 bridgehead atoms. The maximum absolute atomic E-state index is 13.5. The lowest BCUT2D eigenvalue weighted by Gasteiger charge is -2.36. The monoisotopic (exact) mass is 411 g/mol. The Morgan fingerprint density at radius 1 is 1.20 bits per heavy atom. The van der Waals surface area contributed by atoms with Crippen molar-refractivity contribution in [3.8, 4) is 12.1 Å². The standard InChI is InChI=1S/C21H16F3N5O/c1-19(2)13-6-7-20(19,17-16(13)28-14(9-25)15(10-26)29-17)18(30)27-12-5-3-4-11(8-12)21(22,23)24/h3-5,8,13H,6-7H2,1-2H3,(H,27,30)/t13-,20+/m0/s1.